The molecule has 1 N–H and O–H groups in total. The average Bonchev–Trinajstić information content (AvgIpc) is 1.50. The van der Waals surface area contributed by atoms with Crippen LogP contribution in [0, 0.1) is 88.5 Å². The lowest BCUT2D eigenvalue weighted by molar-refractivity contribution is -0.0397. The summed E-state index contributed by atoms with van der Waals surface area (Å²) in [4.78, 5) is 4.35. The molecule has 0 aliphatic heterocycles. The van der Waals surface area contributed by atoms with Crippen LogP contribution in [0.1, 0.15) is 198 Å². The summed E-state index contributed by atoms with van der Waals surface area (Å²) in [6.07, 6.45) is 13.5. The van der Waals surface area contributed by atoms with Crippen LogP contribution in [0.4, 0.5) is 45.5 Å². The van der Waals surface area contributed by atoms with Gasteiger partial charge in [-0.3, -0.25) is 0 Å². The third kappa shape index (κ3) is 11.7. The molecule has 588 valence electrons. The van der Waals surface area contributed by atoms with Gasteiger partial charge >= 0.3 is 0 Å². The van der Waals surface area contributed by atoms with Gasteiger partial charge in [-0.05, 0) is 409 Å². The molecule has 14 aromatic carbocycles. The highest BCUT2D eigenvalue weighted by atomic mass is 79.9. The van der Waals surface area contributed by atoms with E-state index in [-0.39, 0.29) is 51.3 Å². The Balaban J connectivity index is 0.000000148. The molecule has 3 nitrogen and oxygen atoms in total. The van der Waals surface area contributed by atoms with Gasteiger partial charge in [0, 0.05) is 96.7 Å². The van der Waals surface area contributed by atoms with E-state index in [1.807, 2.05) is 36.4 Å². The Morgan fingerprint density at radius 1 is 0.288 bits per heavy atom. The van der Waals surface area contributed by atoms with Crippen LogP contribution < -0.4 is 15.1 Å². The van der Waals surface area contributed by atoms with E-state index in [0.29, 0.717) is 17.4 Å². The van der Waals surface area contributed by atoms with Crippen LogP contribution in [-0.2, 0) is 21.7 Å². The van der Waals surface area contributed by atoms with Crippen molar-refractivity contribution in [3.8, 4) is 44.5 Å². The minimum atomic E-state index is -2.25. The SMILES string of the molecule is C.CC1(C)c2cc(Br)ccc2-c2c1ccc1c2C2(c3cc4cc(Br)ccc4cc3-1)C1CC3CC(C1)CC2C3.[2H]C([2H])([2H])c1ccc(N(c2ccc(C([2H])([2H])[2H])cc2)c2ccc3c(c2)C(C)(C)c2ccc4c(c2-3)C2(c3cc5cc(N(c6ccc(C)cc6)c6ccc(C([2H])([2H])[2H])cc6)ccc5cc3-4)C3CC4CC(C3)CC2C4)cc1.[2H]C([2H])([2H])c1ccc(Nc2ccc(C([2H])([2H])[2H])cc2)cc1. The Hall–Kier alpha value is -10.0. The first-order valence-electron chi connectivity index (χ1n) is 49.8. The van der Waals surface area contributed by atoms with Crippen LogP contribution in [0.3, 0.4) is 0 Å². The van der Waals surface area contributed by atoms with Crippen molar-refractivity contribution in [2.45, 2.75) is 162 Å². The predicted octanol–water partition coefficient (Wildman–Crippen LogP) is 32.1. The van der Waals surface area contributed by atoms with Crippen molar-refractivity contribution in [1.82, 2.24) is 0 Å². The smallest absolute Gasteiger partial charge is 0.0468 e. The second-order valence-corrected chi connectivity index (χ2v) is 38.9. The maximum Gasteiger partial charge on any atom is 0.0468 e. The van der Waals surface area contributed by atoms with Gasteiger partial charge in [0.1, 0.15) is 0 Å². The molecule has 0 aromatic heterocycles. The van der Waals surface area contributed by atoms with Crippen molar-refractivity contribution in [3.05, 3.63) is 354 Å². The molecule has 12 aliphatic carbocycles. The predicted molar refractivity (Wildman–Crippen MR) is 506 cm³/mol. The van der Waals surface area contributed by atoms with E-state index in [2.05, 4.69) is 227 Å². The van der Waals surface area contributed by atoms with Gasteiger partial charge in [0.15, 0.2) is 0 Å². The summed E-state index contributed by atoms with van der Waals surface area (Å²) in [6, 6.07) is 90.3. The summed E-state index contributed by atoms with van der Waals surface area (Å²) >= 11 is 7.56. The zero-order chi connectivity index (χ0) is 91.9. The molecule has 0 atom stereocenters. The van der Waals surface area contributed by atoms with Crippen LogP contribution in [0.15, 0.2) is 276 Å². The van der Waals surface area contributed by atoms with E-state index in [9.17, 15) is 0 Å². The first kappa shape index (κ1) is 60.4. The van der Waals surface area contributed by atoms with Gasteiger partial charge in [0.2, 0.25) is 0 Å². The normalized spacial score (nSPS) is 25.8. The maximum atomic E-state index is 8.07. The molecule has 2 spiro atoms. The van der Waals surface area contributed by atoms with Crippen LogP contribution in [0.5, 0.6) is 0 Å². The number of nitrogens with one attached hydrogen (secondary N) is 1. The number of hydrogen-bond donors (Lipinski definition) is 1. The number of fused-ring (bicyclic) bond motifs is 16. The highest BCUT2D eigenvalue weighted by molar-refractivity contribution is 9.10. The Labute approximate surface area is 737 Å². The first-order chi connectivity index (χ1) is 62.7. The number of benzene rings is 14. The molecule has 14 aromatic rings. The summed E-state index contributed by atoms with van der Waals surface area (Å²) in [5, 5.41) is 8.22. The summed E-state index contributed by atoms with van der Waals surface area (Å²) in [5.74, 6) is 6.00. The number of aryl methyl sites for hydroxylation is 6. The molecule has 8 saturated carbocycles. The molecule has 0 unspecified atom stereocenters. The minimum absolute atomic E-state index is 0. The van der Waals surface area contributed by atoms with Crippen molar-refractivity contribution in [2.75, 3.05) is 15.1 Å². The molecule has 0 saturated heterocycles. The van der Waals surface area contributed by atoms with Crippen molar-refractivity contribution >= 4 is 98.9 Å². The van der Waals surface area contributed by atoms with Crippen molar-refractivity contribution < 1.29 is 20.6 Å². The molecular formula is C113H107Br2N3. The van der Waals surface area contributed by atoms with Gasteiger partial charge < -0.3 is 15.1 Å². The van der Waals surface area contributed by atoms with Crippen molar-refractivity contribution in [2.24, 2.45) is 47.3 Å². The lowest BCUT2D eigenvalue weighted by Crippen LogP contribution is -2.55. The topological polar surface area (TPSA) is 18.5 Å². The van der Waals surface area contributed by atoms with Crippen molar-refractivity contribution in [1.29, 1.82) is 0 Å². The van der Waals surface area contributed by atoms with Crippen LogP contribution in [0.25, 0.3) is 66.1 Å². The second-order valence-electron chi connectivity index (χ2n) is 37.1. The third-order valence-electron chi connectivity index (χ3n) is 29.9. The van der Waals surface area contributed by atoms with Crippen LogP contribution in [0.2, 0.25) is 0 Å². The van der Waals surface area contributed by atoms with Crippen LogP contribution in [-0.4, -0.2) is 0 Å². The standard InChI is InChI=1S/C63H58N2.C35H30Br2.C14H15N.CH4/c1-38-7-16-48(17-8-38)64(49-18-9-39(2)10-19-49)52-24-15-44-35-56-54-27-28-57-60(61(54)63(59(56)36-45(44)34-52)46-30-42-29-43(32-46)33-47(63)31-42)55-26-25-53(37-58(55)62(57,5)6)65(50-20-11-40(3)12-21-50)51-22-13-41(4)14-23-51;1-34(2)29-8-7-26-28-15-20-3-4-24(36)14-21(20)16-31(28)35(22-10-18-9-19(12-22)13-23(35)11-18)33(26)32(29)27-6-5-25(37)17-30(27)34;1-11-3-7-13(8-4-11)15-14-9-5-12(2)6-10-14;/h7-28,34-37,42-43,46-47H,29-33H2,1-6H3;3-8,14-19,22-23H,9-13H2,1-2H3;3-10,15H,1-2H3;1H4/i1D3,3D3,4D3;;1D3,2D3;. The summed E-state index contributed by atoms with van der Waals surface area (Å²) in [6.45, 7) is 0.761. The summed E-state index contributed by atoms with van der Waals surface area (Å²) < 4.78 is 119. The molecule has 8 bridgehead atoms. The molecule has 5 heteroatoms. The number of anilines is 8. The lowest BCUT2D eigenvalue weighted by atomic mass is 9.42. The average molecular weight is 1680 g/mol. The number of hydrogen-bond acceptors (Lipinski definition) is 3. The molecule has 26 rings (SSSR count). The summed E-state index contributed by atoms with van der Waals surface area (Å²) in [5.41, 5.74) is 32.5. The van der Waals surface area contributed by atoms with E-state index in [4.69, 9.17) is 20.6 Å². The fourth-order valence-corrected chi connectivity index (χ4v) is 26.1. The Morgan fingerprint density at radius 3 is 1.03 bits per heavy atom. The number of halogens is 2. The van der Waals surface area contributed by atoms with Gasteiger partial charge in [-0.1, -0.05) is 222 Å². The zero-order valence-electron chi connectivity index (χ0n) is 81.7. The van der Waals surface area contributed by atoms with E-state index in [1.54, 1.807) is 102 Å². The second kappa shape index (κ2) is 28.0. The van der Waals surface area contributed by atoms with E-state index < -0.39 is 34.3 Å². The molecule has 12 aliphatic rings. The number of rotatable bonds is 8. The maximum absolute atomic E-state index is 8.07. The van der Waals surface area contributed by atoms with E-state index >= 15 is 0 Å². The monoisotopic (exact) mass is 1680 g/mol. The third-order valence-corrected chi connectivity index (χ3v) is 30.9. The zero-order valence-corrected chi connectivity index (χ0v) is 69.9. The first-order valence-corrected chi connectivity index (χ1v) is 43.9. The Kier molecular flexibility index (Phi) is 14.4. The van der Waals surface area contributed by atoms with Crippen molar-refractivity contribution in [3.63, 3.8) is 0 Å². The summed E-state index contributed by atoms with van der Waals surface area (Å²) in [7, 11) is 0. The van der Waals surface area contributed by atoms with Gasteiger partial charge in [0.05, 0.1) is 0 Å². The Morgan fingerprint density at radius 2 is 0.610 bits per heavy atom. The van der Waals surface area contributed by atoms with Gasteiger partial charge in [-0.2, -0.15) is 0 Å². The molecule has 0 radical (unpaired) electrons. The van der Waals surface area contributed by atoms with Crippen LogP contribution >= 0.6 is 31.9 Å². The Bertz CT molecular complexity index is 6840. The highest BCUT2D eigenvalue weighted by Gasteiger charge is 2.65. The molecule has 0 amide bonds. The molecular weight excluding hydrogens is 1560 g/mol. The highest BCUT2D eigenvalue weighted by Crippen LogP contribution is 2.75. The fourth-order valence-electron chi connectivity index (χ4n) is 25.4. The molecule has 0 heterocycles. The van der Waals surface area contributed by atoms with Gasteiger partial charge in [-0.15, -0.1) is 0 Å². The number of nitrogens with zero attached hydrogens (tertiary/aromatic N) is 2. The quantitative estimate of drug-likeness (QED) is 0.164. The molecule has 8 fully saturated rings. The van der Waals surface area contributed by atoms with Gasteiger partial charge in [0.25, 0.3) is 0 Å². The van der Waals surface area contributed by atoms with E-state index in [0.717, 1.165) is 81.0 Å². The minimum Gasteiger partial charge on any atom is -0.356 e. The fraction of sp³-hybridized carbons (Fsp3) is 0.292. The lowest BCUT2D eigenvalue weighted by Gasteiger charge is -2.61. The van der Waals surface area contributed by atoms with E-state index in [1.165, 1.54) is 173 Å². The largest absolute Gasteiger partial charge is 0.356 e. The van der Waals surface area contributed by atoms with Gasteiger partial charge in [-0.25, -0.2) is 0 Å². The molecule has 118 heavy (non-hydrogen) atoms.